The van der Waals surface area contributed by atoms with Crippen LogP contribution in [0.5, 0.6) is 17.2 Å². The zero-order valence-corrected chi connectivity index (χ0v) is 33.6. The van der Waals surface area contributed by atoms with Gasteiger partial charge in [-0.05, 0) is 99.2 Å². The van der Waals surface area contributed by atoms with Gasteiger partial charge in [0.1, 0.15) is 36.1 Å². The third-order valence-corrected chi connectivity index (χ3v) is 10.4. The number of hydrogen-bond acceptors (Lipinski definition) is 7. The summed E-state index contributed by atoms with van der Waals surface area (Å²) >= 11 is 0. The van der Waals surface area contributed by atoms with E-state index in [2.05, 4.69) is 65.6 Å². The van der Waals surface area contributed by atoms with Crippen LogP contribution in [0.25, 0.3) is 0 Å². The summed E-state index contributed by atoms with van der Waals surface area (Å²) in [6, 6.07) is 64.8. The topological polar surface area (TPSA) is 71.9 Å². The van der Waals surface area contributed by atoms with Crippen LogP contribution in [-0.4, -0.2) is 38.0 Å². The smallest absolute Gasteiger partial charge is 0.362 e. The summed E-state index contributed by atoms with van der Waals surface area (Å²) in [4.78, 5) is 9.38. The van der Waals surface area contributed by atoms with E-state index in [0.29, 0.717) is 6.61 Å². The summed E-state index contributed by atoms with van der Waals surface area (Å²) in [5.74, 6) is 2.33. The van der Waals surface area contributed by atoms with Crippen molar-refractivity contribution >= 4 is 35.7 Å². The molecule has 0 N–H and O–H groups in total. The van der Waals surface area contributed by atoms with Crippen LogP contribution in [0, 0.1) is 0 Å². The summed E-state index contributed by atoms with van der Waals surface area (Å²) in [6.45, 7) is -0.329. The standard InChI is InChI=1S/C51H44B2N2O5/c1-56-45-29-21-39(22-30-45)50(48-17-9-11-35-54-48)59-52(41-13-5-3-6-14-41)43-25-19-38(20-26-43)37-58-47-33-27-44(28-34-47)53(42-15-7-4-8-16-42)60-51(49-18-10-12-36-55-49)40-23-31-46(57-2)32-24-40/h3-36,50-51H,37H2,1-2H3. The number of hydrogen-bond donors (Lipinski definition) is 0. The Morgan fingerprint density at radius 3 is 1.18 bits per heavy atom. The van der Waals surface area contributed by atoms with Crippen molar-refractivity contribution in [1.29, 1.82) is 0 Å². The van der Waals surface area contributed by atoms with Crippen LogP contribution in [0.3, 0.4) is 0 Å². The first kappa shape index (κ1) is 39.9. The van der Waals surface area contributed by atoms with E-state index in [-0.39, 0.29) is 13.8 Å². The summed E-state index contributed by atoms with van der Waals surface area (Å²) in [5.41, 5.74) is 8.75. The number of rotatable bonds is 17. The maximum atomic E-state index is 7.03. The van der Waals surface area contributed by atoms with Crippen molar-refractivity contribution < 1.29 is 23.5 Å². The molecule has 2 aromatic heterocycles. The minimum absolute atomic E-state index is 0.357. The summed E-state index contributed by atoms with van der Waals surface area (Å²) < 4.78 is 31.3. The molecule has 0 aliphatic heterocycles. The second-order valence-corrected chi connectivity index (χ2v) is 14.3. The van der Waals surface area contributed by atoms with Crippen LogP contribution in [-0.2, 0) is 15.9 Å². The van der Waals surface area contributed by atoms with Crippen LogP contribution in [0.1, 0.15) is 40.3 Å². The fourth-order valence-corrected chi connectivity index (χ4v) is 7.18. The fourth-order valence-electron chi connectivity index (χ4n) is 7.18. The Morgan fingerprint density at radius 1 is 0.400 bits per heavy atom. The Labute approximate surface area is 352 Å². The van der Waals surface area contributed by atoms with Gasteiger partial charge in [-0.25, -0.2) is 0 Å². The highest BCUT2D eigenvalue weighted by atomic mass is 16.5. The molecule has 0 fully saturated rings. The number of pyridine rings is 2. The van der Waals surface area contributed by atoms with E-state index in [1.807, 2.05) is 133 Å². The second kappa shape index (κ2) is 19.7. The van der Waals surface area contributed by atoms with Crippen LogP contribution in [0.2, 0.25) is 0 Å². The molecule has 0 amide bonds. The number of benzene rings is 6. The highest BCUT2D eigenvalue weighted by Crippen LogP contribution is 2.29. The van der Waals surface area contributed by atoms with Crippen molar-refractivity contribution in [3.63, 3.8) is 0 Å². The Kier molecular flexibility index (Phi) is 13.1. The van der Waals surface area contributed by atoms with Crippen LogP contribution in [0.4, 0.5) is 0 Å². The van der Waals surface area contributed by atoms with Gasteiger partial charge in [-0.2, -0.15) is 0 Å². The molecule has 60 heavy (non-hydrogen) atoms. The van der Waals surface area contributed by atoms with Gasteiger partial charge in [0, 0.05) is 12.4 Å². The maximum Gasteiger partial charge on any atom is 0.362 e. The van der Waals surface area contributed by atoms with E-state index in [0.717, 1.165) is 67.2 Å². The largest absolute Gasteiger partial charge is 0.497 e. The molecule has 8 rings (SSSR count). The Hall–Kier alpha value is -6.93. The van der Waals surface area contributed by atoms with Crippen LogP contribution < -0.4 is 36.1 Å². The summed E-state index contributed by atoms with van der Waals surface area (Å²) in [5, 5.41) is 0. The molecule has 0 aliphatic carbocycles. The molecule has 2 heterocycles. The lowest BCUT2D eigenvalue weighted by Crippen LogP contribution is -2.46. The number of ether oxygens (including phenoxy) is 3. The van der Waals surface area contributed by atoms with Gasteiger partial charge in [-0.3, -0.25) is 9.97 Å². The molecule has 6 aromatic carbocycles. The minimum atomic E-state index is -0.420. The highest BCUT2D eigenvalue weighted by Gasteiger charge is 2.30. The van der Waals surface area contributed by atoms with E-state index >= 15 is 0 Å². The molecule has 0 radical (unpaired) electrons. The quantitative estimate of drug-likeness (QED) is 0.0870. The molecule has 7 nitrogen and oxygen atoms in total. The van der Waals surface area contributed by atoms with Crippen molar-refractivity contribution in [3.8, 4) is 17.2 Å². The van der Waals surface area contributed by atoms with Gasteiger partial charge >= 0.3 is 13.8 Å². The molecular weight excluding hydrogens is 742 g/mol. The predicted octanol–water partition coefficient (Wildman–Crippen LogP) is 7.90. The second-order valence-electron chi connectivity index (χ2n) is 14.3. The zero-order chi connectivity index (χ0) is 40.9. The van der Waals surface area contributed by atoms with Crippen LogP contribution in [0.15, 0.2) is 207 Å². The molecule has 0 bridgehead atoms. The first-order valence-corrected chi connectivity index (χ1v) is 20.0. The maximum absolute atomic E-state index is 7.03. The van der Waals surface area contributed by atoms with Gasteiger partial charge in [0.05, 0.1) is 25.6 Å². The van der Waals surface area contributed by atoms with E-state index in [1.165, 1.54) is 0 Å². The Bertz CT molecular complexity index is 2320. The minimum Gasteiger partial charge on any atom is -0.497 e. The van der Waals surface area contributed by atoms with E-state index in [4.69, 9.17) is 28.5 Å². The lowest BCUT2D eigenvalue weighted by atomic mass is 9.55. The molecule has 2 atom stereocenters. The van der Waals surface area contributed by atoms with Gasteiger partial charge in [-0.15, -0.1) is 0 Å². The third kappa shape index (κ3) is 9.84. The molecule has 0 saturated carbocycles. The van der Waals surface area contributed by atoms with Crippen molar-refractivity contribution in [2.24, 2.45) is 0 Å². The summed E-state index contributed by atoms with van der Waals surface area (Å²) in [7, 11) is 3.33. The average molecular weight is 787 g/mol. The molecule has 9 heteroatoms. The lowest BCUT2D eigenvalue weighted by molar-refractivity contribution is 0.253. The van der Waals surface area contributed by atoms with E-state index in [9.17, 15) is 0 Å². The Balaban J connectivity index is 1.00. The zero-order valence-electron chi connectivity index (χ0n) is 33.6. The number of aromatic nitrogens is 2. The van der Waals surface area contributed by atoms with E-state index < -0.39 is 12.2 Å². The predicted molar refractivity (Wildman–Crippen MR) is 240 cm³/mol. The van der Waals surface area contributed by atoms with Gasteiger partial charge in [-0.1, -0.05) is 133 Å². The van der Waals surface area contributed by atoms with Crippen molar-refractivity contribution in [1.82, 2.24) is 9.97 Å². The Morgan fingerprint density at radius 2 is 0.783 bits per heavy atom. The average Bonchev–Trinajstić information content (AvgIpc) is 3.33. The molecule has 0 saturated heterocycles. The third-order valence-electron chi connectivity index (χ3n) is 10.4. The SMILES string of the molecule is COc1ccc(C(OB(c2ccccc2)c2ccc(COc3ccc(B(OC(c4ccc(OC)cc4)c4ccccn4)c4ccccc4)cc3)cc2)c2ccccn2)cc1. The number of nitrogens with zero attached hydrogens (tertiary/aromatic N) is 2. The van der Waals surface area contributed by atoms with Gasteiger partial charge in [0.15, 0.2) is 0 Å². The lowest BCUT2D eigenvalue weighted by Gasteiger charge is -2.24. The monoisotopic (exact) mass is 786 g/mol. The fraction of sp³-hybridized carbons (Fsp3) is 0.0980. The van der Waals surface area contributed by atoms with Crippen LogP contribution >= 0.6 is 0 Å². The normalized spacial score (nSPS) is 11.9. The van der Waals surface area contributed by atoms with Gasteiger partial charge < -0.3 is 23.5 Å². The van der Waals surface area contributed by atoms with E-state index in [1.54, 1.807) is 26.6 Å². The van der Waals surface area contributed by atoms with Crippen molar-refractivity contribution in [2.45, 2.75) is 18.8 Å². The molecule has 294 valence electrons. The summed E-state index contributed by atoms with van der Waals surface area (Å²) in [6.07, 6.45) is 2.76. The highest BCUT2D eigenvalue weighted by molar-refractivity contribution is 6.80. The van der Waals surface area contributed by atoms with Crippen molar-refractivity contribution in [2.75, 3.05) is 14.2 Å². The first-order valence-electron chi connectivity index (χ1n) is 20.0. The van der Waals surface area contributed by atoms with Gasteiger partial charge in [0.25, 0.3) is 0 Å². The molecular formula is C51H44B2N2O5. The van der Waals surface area contributed by atoms with Crippen molar-refractivity contribution in [3.05, 3.63) is 235 Å². The van der Waals surface area contributed by atoms with Gasteiger partial charge in [0.2, 0.25) is 0 Å². The first-order chi connectivity index (χ1) is 29.6. The molecule has 8 aromatic rings. The number of methoxy groups -OCH3 is 2. The molecule has 0 aliphatic rings. The molecule has 2 unspecified atom stereocenters. The molecule has 0 spiro atoms.